The third kappa shape index (κ3) is 1.33. The number of aromatic nitrogens is 1. The molecule has 76 valence electrons. The van der Waals surface area contributed by atoms with E-state index in [0.717, 1.165) is 10.8 Å². The van der Waals surface area contributed by atoms with E-state index in [1.807, 2.05) is 0 Å². The Labute approximate surface area is 92.0 Å². The molecule has 0 bridgehead atoms. The molecule has 2 aliphatic rings. The van der Waals surface area contributed by atoms with Gasteiger partial charge >= 0.3 is 0 Å². The van der Waals surface area contributed by atoms with Crippen LogP contribution in [-0.2, 0) is 0 Å². The van der Waals surface area contributed by atoms with E-state index in [9.17, 15) is 0 Å². The van der Waals surface area contributed by atoms with Crippen molar-refractivity contribution in [3.8, 4) is 0 Å². The fourth-order valence-electron chi connectivity index (χ4n) is 2.04. The Morgan fingerprint density at radius 1 is 1.27 bits per heavy atom. The Bertz CT molecular complexity index is 470. The minimum Gasteiger partial charge on any atom is -0.300 e. The zero-order valence-corrected chi connectivity index (χ0v) is 8.87. The molecule has 1 heterocycles. The largest absolute Gasteiger partial charge is 0.300 e. The lowest BCUT2D eigenvalue weighted by atomic mass is 9.82. The Balaban J connectivity index is 2.08. The van der Waals surface area contributed by atoms with Crippen molar-refractivity contribution in [3.05, 3.63) is 41.0 Å². The summed E-state index contributed by atoms with van der Waals surface area (Å²) < 4.78 is 0. The van der Waals surface area contributed by atoms with E-state index in [-0.39, 0.29) is 0 Å². The second kappa shape index (κ2) is 3.32. The topological polar surface area (TPSA) is 50.9 Å². The monoisotopic (exact) mass is 217 g/mol. The van der Waals surface area contributed by atoms with Crippen LogP contribution in [0.2, 0.25) is 0 Å². The molecule has 0 aromatic carbocycles. The van der Waals surface area contributed by atoms with Crippen molar-refractivity contribution < 1.29 is 0 Å². The van der Waals surface area contributed by atoms with Gasteiger partial charge in [0.2, 0.25) is 0 Å². The standard InChI is InChI=1S/C11H11N3S/c12-14-11-13-10-8-4-2-1-3-7(8)5-6-9(10)15-11/h1-8H,12H2,(H,13,14). The number of thiazole rings is 1. The van der Waals surface area contributed by atoms with Gasteiger partial charge < -0.3 is 0 Å². The lowest BCUT2D eigenvalue weighted by molar-refractivity contribution is 0.677. The zero-order valence-electron chi connectivity index (χ0n) is 8.05. The Hall–Kier alpha value is -1.39. The van der Waals surface area contributed by atoms with Gasteiger partial charge in [0.25, 0.3) is 0 Å². The van der Waals surface area contributed by atoms with Gasteiger partial charge in [-0.1, -0.05) is 41.7 Å². The van der Waals surface area contributed by atoms with E-state index in [1.54, 1.807) is 11.3 Å². The van der Waals surface area contributed by atoms with Crippen LogP contribution in [0.15, 0.2) is 30.4 Å². The number of nitrogens with one attached hydrogen (secondary N) is 1. The first-order valence-corrected chi connectivity index (χ1v) is 5.70. The molecule has 2 atom stereocenters. The van der Waals surface area contributed by atoms with E-state index in [2.05, 4.69) is 46.9 Å². The number of nitrogens with two attached hydrogens (primary N) is 1. The first kappa shape index (κ1) is 8.88. The lowest BCUT2D eigenvalue weighted by Gasteiger charge is -2.23. The number of anilines is 1. The molecule has 0 spiro atoms. The molecule has 3 N–H and O–H groups in total. The van der Waals surface area contributed by atoms with E-state index in [1.165, 1.54) is 4.88 Å². The Kier molecular flexibility index (Phi) is 1.97. The summed E-state index contributed by atoms with van der Waals surface area (Å²) in [5.74, 6) is 6.21. The fourth-order valence-corrected chi connectivity index (χ4v) is 2.89. The SMILES string of the molecule is NNc1nc2c(s1)C=CC1C=CC=CC21. The van der Waals surface area contributed by atoms with Crippen LogP contribution < -0.4 is 11.3 Å². The Morgan fingerprint density at radius 3 is 3.00 bits per heavy atom. The highest BCUT2D eigenvalue weighted by Gasteiger charge is 2.27. The normalized spacial score (nSPS) is 26.2. The van der Waals surface area contributed by atoms with Crippen LogP contribution >= 0.6 is 11.3 Å². The third-order valence-corrected chi connectivity index (χ3v) is 3.74. The predicted octanol–water partition coefficient (Wildman–Crippen LogP) is 2.28. The summed E-state index contributed by atoms with van der Waals surface area (Å²) in [6.45, 7) is 0. The lowest BCUT2D eigenvalue weighted by Crippen LogP contribution is -2.13. The van der Waals surface area contributed by atoms with Gasteiger partial charge in [0, 0.05) is 11.8 Å². The van der Waals surface area contributed by atoms with Crippen molar-refractivity contribution in [2.24, 2.45) is 11.8 Å². The average Bonchev–Trinajstić information content (AvgIpc) is 2.72. The minimum atomic E-state index is 0.383. The molecular weight excluding hydrogens is 206 g/mol. The molecule has 4 heteroatoms. The summed E-state index contributed by atoms with van der Waals surface area (Å²) in [6.07, 6.45) is 12.9. The third-order valence-electron chi connectivity index (χ3n) is 2.77. The fraction of sp³-hybridized carbons (Fsp3) is 0.182. The molecule has 0 fully saturated rings. The van der Waals surface area contributed by atoms with Crippen LogP contribution in [0.4, 0.5) is 5.13 Å². The van der Waals surface area contributed by atoms with Gasteiger partial charge in [-0.3, -0.25) is 5.43 Å². The molecule has 0 amide bonds. The van der Waals surface area contributed by atoms with Gasteiger partial charge in [0.15, 0.2) is 5.13 Å². The summed E-state index contributed by atoms with van der Waals surface area (Å²) in [6, 6.07) is 0. The number of allylic oxidation sites excluding steroid dienone is 5. The van der Waals surface area contributed by atoms with Gasteiger partial charge in [0.05, 0.1) is 10.6 Å². The number of rotatable bonds is 1. The van der Waals surface area contributed by atoms with Crippen LogP contribution in [0.25, 0.3) is 6.08 Å². The molecule has 15 heavy (non-hydrogen) atoms. The van der Waals surface area contributed by atoms with E-state index in [0.29, 0.717) is 11.8 Å². The van der Waals surface area contributed by atoms with Gasteiger partial charge in [-0.25, -0.2) is 10.8 Å². The number of hydrogen-bond acceptors (Lipinski definition) is 4. The maximum absolute atomic E-state index is 5.37. The summed E-state index contributed by atoms with van der Waals surface area (Å²) in [7, 11) is 0. The number of fused-ring (bicyclic) bond motifs is 3. The summed E-state index contributed by atoms with van der Waals surface area (Å²) in [4.78, 5) is 5.71. The molecule has 1 aromatic rings. The van der Waals surface area contributed by atoms with Crippen LogP contribution in [-0.4, -0.2) is 4.98 Å². The molecule has 1 aromatic heterocycles. The van der Waals surface area contributed by atoms with Crippen molar-refractivity contribution in [2.45, 2.75) is 5.92 Å². The van der Waals surface area contributed by atoms with E-state index in [4.69, 9.17) is 5.84 Å². The molecule has 3 rings (SSSR count). The highest BCUT2D eigenvalue weighted by molar-refractivity contribution is 7.16. The molecule has 0 radical (unpaired) electrons. The number of nitrogen functional groups attached to an aromatic ring is 1. The minimum absolute atomic E-state index is 0.383. The number of nitrogens with zero attached hydrogens (tertiary/aromatic N) is 1. The smallest absolute Gasteiger partial charge is 0.197 e. The molecule has 2 unspecified atom stereocenters. The van der Waals surface area contributed by atoms with Gasteiger partial charge in [-0.2, -0.15) is 0 Å². The van der Waals surface area contributed by atoms with Crippen LogP contribution in [0.1, 0.15) is 16.5 Å². The molecule has 0 aliphatic heterocycles. The second-order valence-electron chi connectivity index (χ2n) is 3.64. The second-order valence-corrected chi connectivity index (χ2v) is 4.68. The maximum atomic E-state index is 5.37. The van der Waals surface area contributed by atoms with Crippen molar-refractivity contribution >= 4 is 22.5 Å². The molecular formula is C11H11N3S. The summed E-state index contributed by atoms with van der Waals surface area (Å²) >= 11 is 1.60. The van der Waals surface area contributed by atoms with E-state index < -0.39 is 0 Å². The Morgan fingerprint density at radius 2 is 2.13 bits per heavy atom. The summed E-state index contributed by atoms with van der Waals surface area (Å²) in [5.41, 5.74) is 3.75. The highest BCUT2D eigenvalue weighted by Crippen LogP contribution is 2.40. The number of hydrogen-bond donors (Lipinski definition) is 2. The van der Waals surface area contributed by atoms with Crippen molar-refractivity contribution in [1.82, 2.24) is 4.98 Å². The van der Waals surface area contributed by atoms with Gasteiger partial charge in [-0.05, 0) is 6.08 Å². The maximum Gasteiger partial charge on any atom is 0.197 e. The summed E-state index contributed by atoms with van der Waals surface area (Å²) in [5, 5.41) is 0.785. The first-order chi connectivity index (χ1) is 7.38. The quantitative estimate of drug-likeness (QED) is 0.560. The molecule has 0 saturated carbocycles. The highest BCUT2D eigenvalue weighted by atomic mass is 32.1. The molecule has 3 nitrogen and oxygen atoms in total. The van der Waals surface area contributed by atoms with E-state index >= 15 is 0 Å². The predicted molar refractivity (Wildman–Crippen MR) is 63.5 cm³/mol. The van der Waals surface area contributed by atoms with Crippen LogP contribution in [0.5, 0.6) is 0 Å². The number of hydrazine groups is 1. The average molecular weight is 217 g/mol. The van der Waals surface area contributed by atoms with Crippen molar-refractivity contribution in [2.75, 3.05) is 5.43 Å². The molecule has 2 aliphatic carbocycles. The first-order valence-electron chi connectivity index (χ1n) is 4.89. The van der Waals surface area contributed by atoms with Gasteiger partial charge in [-0.15, -0.1) is 0 Å². The van der Waals surface area contributed by atoms with Gasteiger partial charge in [0.1, 0.15) is 0 Å². The van der Waals surface area contributed by atoms with Crippen LogP contribution in [0.3, 0.4) is 0 Å². The van der Waals surface area contributed by atoms with Crippen LogP contribution in [0, 0.1) is 5.92 Å². The molecule has 0 saturated heterocycles. The van der Waals surface area contributed by atoms with Crippen molar-refractivity contribution in [1.29, 1.82) is 0 Å². The van der Waals surface area contributed by atoms with Crippen molar-refractivity contribution in [3.63, 3.8) is 0 Å². The zero-order chi connectivity index (χ0) is 10.3.